The number of rotatable bonds is 6. The van der Waals surface area contributed by atoms with Crippen molar-refractivity contribution < 1.29 is 9.47 Å². The van der Waals surface area contributed by atoms with Crippen molar-refractivity contribution in [1.29, 1.82) is 0 Å². The smallest absolute Gasteiger partial charge is 0.127 e. The van der Waals surface area contributed by atoms with Crippen molar-refractivity contribution in [3.8, 4) is 23.0 Å². The molecule has 0 unspecified atom stereocenters. The number of ether oxygens (including phenoxy) is 2. The van der Waals surface area contributed by atoms with E-state index in [9.17, 15) is 0 Å². The summed E-state index contributed by atoms with van der Waals surface area (Å²) < 4.78 is 12.1. The van der Waals surface area contributed by atoms with Crippen LogP contribution in [-0.2, 0) is 5.41 Å². The maximum atomic E-state index is 6.03. The largest absolute Gasteiger partial charge is 0.457 e. The van der Waals surface area contributed by atoms with Gasteiger partial charge < -0.3 is 20.9 Å². The Balaban J connectivity index is 1.39. The van der Waals surface area contributed by atoms with E-state index in [0.29, 0.717) is 0 Å². The average molecular weight is 465 g/mol. The molecule has 35 heavy (non-hydrogen) atoms. The molecule has 1 aliphatic carbocycles. The van der Waals surface area contributed by atoms with Crippen LogP contribution in [0.15, 0.2) is 97.1 Å². The maximum Gasteiger partial charge on any atom is 0.127 e. The van der Waals surface area contributed by atoms with Crippen LogP contribution < -0.4 is 20.9 Å². The minimum Gasteiger partial charge on any atom is -0.457 e. The van der Waals surface area contributed by atoms with Gasteiger partial charge in [-0.2, -0.15) is 0 Å². The standard InChI is InChI=1S/C31H32N2O2/c1-22-18-20-31(21-19-22,23-2-10-27(11-3-23)34-29-14-6-25(32)7-15-29)24-4-12-28(13-5-24)35-30-16-8-26(33)9-17-30/h2-17,22H,18-21,32-33H2,1H3. The number of nitrogen functional groups attached to an aromatic ring is 2. The van der Waals surface area contributed by atoms with Gasteiger partial charge in [-0.1, -0.05) is 31.2 Å². The normalized spacial score (nSPS) is 15.5. The summed E-state index contributed by atoms with van der Waals surface area (Å²) in [6, 6.07) is 32.1. The zero-order chi connectivity index (χ0) is 24.3. The molecule has 0 aliphatic heterocycles. The summed E-state index contributed by atoms with van der Waals surface area (Å²) in [5.74, 6) is 3.97. The van der Waals surface area contributed by atoms with Crippen LogP contribution in [0.1, 0.15) is 43.7 Å². The quantitative estimate of drug-likeness (QED) is 0.284. The van der Waals surface area contributed by atoms with E-state index in [1.54, 1.807) is 0 Å². The molecular weight excluding hydrogens is 432 g/mol. The van der Waals surface area contributed by atoms with Gasteiger partial charge in [-0.25, -0.2) is 0 Å². The molecule has 178 valence electrons. The van der Waals surface area contributed by atoms with Crippen LogP contribution in [0.5, 0.6) is 23.0 Å². The van der Waals surface area contributed by atoms with Gasteiger partial charge in [0.15, 0.2) is 0 Å². The predicted octanol–water partition coefficient (Wildman–Crippen LogP) is 7.93. The van der Waals surface area contributed by atoms with E-state index in [1.165, 1.54) is 24.0 Å². The molecule has 0 amide bonds. The Morgan fingerprint density at radius 1 is 0.543 bits per heavy atom. The summed E-state index contributed by atoms with van der Waals surface area (Å²) in [6.45, 7) is 2.36. The molecule has 5 rings (SSSR count). The second-order valence-electron chi connectivity index (χ2n) is 9.66. The number of hydrogen-bond donors (Lipinski definition) is 2. The highest BCUT2D eigenvalue weighted by molar-refractivity contribution is 5.47. The van der Waals surface area contributed by atoms with Crippen LogP contribution in [-0.4, -0.2) is 0 Å². The first-order valence-electron chi connectivity index (χ1n) is 12.3. The Kier molecular flexibility index (Phi) is 6.37. The molecule has 0 saturated heterocycles. The lowest BCUT2D eigenvalue weighted by Crippen LogP contribution is -2.32. The topological polar surface area (TPSA) is 70.5 Å². The first-order chi connectivity index (χ1) is 17.0. The van der Waals surface area contributed by atoms with Crippen LogP contribution in [0.25, 0.3) is 0 Å². The molecule has 0 aromatic heterocycles. The number of anilines is 2. The number of nitrogens with two attached hydrogens (primary N) is 2. The first-order valence-corrected chi connectivity index (χ1v) is 12.3. The van der Waals surface area contributed by atoms with E-state index in [2.05, 4.69) is 55.5 Å². The Hall–Kier alpha value is -3.92. The lowest BCUT2D eigenvalue weighted by Gasteiger charge is -2.41. The van der Waals surface area contributed by atoms with Gasteiger partial charge in [0.25, 0.3) is 0 Å². The molecule has 0 spiro atoms. The molecule has 4 nitrogen and oxygen atoms in total. The molecular formula is C31H32N2O2. The monoisotopic (exact) mass is 464 g/mol. The molecule has 4 heteroatoms. The minimum atomic E-state index is -0.00797. The van der Waals surface area contributed by atoms with Crippen molar-refractivity contribution in [3.05, 3.63) is 108 Å². The molecule has 4 aromatic rings. The highest BCUT2D eigenvalue weighted by atomic mass is 16.5. The Morgan fingerprint density at radius 2 is 0.857 bits per heavy atom. The van der Waals surface area contributed by atoms with E-state index in [4.69, 9.17) is 20.9 Å². The zero-order valence-corrected chi connectivity index (χ0v) is 20.1. The number of hydrogen-bond acceptors (Lipinski definition) is 4. The lowest BCUT2D eigenvalue weighted by atomic mass is 9.63. The highest BCUT2D eigenvalue weighted by Gasteiger charge is 2.37. The molecule has 1 fully saturated rings. The van der Waals surface area contributed by atoms with Gasteiger partial charge in [0, 0.05) is 16.8 Å². The fraction of sp³-hybridized carbons (Fsp3) is 0.226. The van der Waals surface area contributed by atoms with Crippen LogP contribution in [0.2, 0.25) is 0 Å². The van der Waals surface area contributed by atoms with E-state index in [0.717, 1.165) is 53.1 Å². The van der Waals surface area contributed by atoms with Crippen molar-refractivity contribution in [2.45, 2.75) is 38.0 Å². The van der Waals surface area contributed by atoms with E-state index in [1.807, 2.05) is 48.5 Å². The fourth-order valence-corrected chi connectivity index (χ4v) is 5.03. The van der Waals surface area contributed by atoms with Crippen molar-refractivity contribution in [2.75, 3.05) is 11.5 Å². The molecule has 1 aliphatic rings. The molecule has 0 bridgehead atoms. The van der Waals surface area contributed by atoms with Crippen molar-refractivity contribution in [2.24, 2.45) is 5.92 Å². The van der Waals surface area contributed by atoms with E-state index >= 15 is 0 Å². The van der Waals surface area contributed by atoms with Crippen LogP contribution in [0, 0.1) is 5.92 Å². The number of benzene rings is 4. The molecule has 0 atom stereocenters. The Bertz CT molecular complexity index is 1150. The molecule has 4 N–H and O–H groups in total. The van der Waals surface area contributed by atoms with Gasteiger partial charge in [-0.15, -0.1) is 0 Å². The van der Waals surface area contributed by atoms with Gasteiger partial charge in [0.1, 0.15) is 23.0 Å². The second kappa shape index (κ2) is 9.75. The van der Waals surface area contributed by atoms with Crippen LogP contribution >= 0.6 is 0 Å². The summed E-state index contributed by atoms with van der Waals surface area (Å²) in [4.78, 5) is 0. The lowest BCUT2D eigenvalue weighted by molar-refractivity contribution is 0.280. The summed E-state index contributed by atoms with van der Waals surface area (Å²) >= 11 is 0. The molecule has 4 aromatic carbocycles. The summed E-state index contributed by atoms with van der Waals surface area (Å²) in [5.41, 5.74) is 15.7. The van der Waals surface area contributed by atoms with Crippen molar-refractivity contribution in [1.82, 2.24) is 0 Å². The van der Waals surface area contributed by atoms with E-state index in [-0.39, 0.29) is 5.41 Å². The fourth-order valence-electron chi connectivity index (χ4n) is 5.03. The van der Waals surface area contributed by atoms with Gasteiger partial charge in [-0.3, -0.25) is 0 Å². The van der Waals surface area contributed by atoms with Crippen LogP contribution in [0.3, 0.4) is 0 Å². The molecule has 0 heterocycles. The minimum absolute atomic E-state index is 0.00797. The van der Waals surface area contributed by atoms with Gasteiger partial charge in [-0.05, 0) is 116 Å². The Labute approximate surface area is 207 Å². The third kappa shape index (κ3) is 5.12. The summed E-state index contributed by atoms with van der Waals surface area (Å²) in [6.07, 6.45) is 4.69. The second-order valence-corrected chi connectivity index (χ2v) is 9.66. The molecule has 1 saturated carbocycles. The maximum absolute atomic E-state index is 6.03. The van der Waals surface area contributed by atoms with Crippen molar-refractivity contribution in [3.63, 3.8) is 0 Å². The third-order valence-electron chi connectivity index (χ3n) is 7.17. The zero-order valence-electron chi connectivity index (χ0n) is 20.1. The van der Waals surface area contributed by atoms with E-state index < -0.39 is 0 Å². The molecule has 0 radical (unpaired) electrons. The SMILES string of the molecule is CC1CCC(c2ccc(Oc3ccc(N)cc3)cc2)(c2ccc(Oc3ccc(N)cc3)cc2)CC1. The van der Waals surface area contributed by atoms with Gasteiger partial charge in [0.2, 0.25) is 0 Å². The summed E-state index contributed by atoms with van der Waals surface area (Å²) in [5, 5.41) is 0. The Morgan fingerprint density at radius 3 is 1.20 bits per heavy atom. The van der Waals surface area contributed by atoms with Gasteiger partial charge in [0.05, 0.1) is 0 Å². The van der Waals surface area contributed by atoms with Crippen molar-refractivity contribution >= 4 is 11.4 Å². The summed E-state index contributed by atoms with van der Waals surface area (Å²) in [7, 11) is 0. The third-order valence-corrected chi connectivity index (χ3v) is 7.17. The average Bonchev–Trinajstić information content (AvgIpc) is 2.89. The van der Waals surface area contributed by atoms with Gasteiger partial charge >= 0.3 is 0 Å². The van der Waals surface area contributed by atoms with Crippen LogP contribution in [0.4, 0.5) is 11.4 Å². The first kappa shape index (κ1) is 22.9. The predicted molar refractivity (Wildman–Crippen MR) is 143 cm³/mol. The highest BCUT2D eigenvalue weighted by Crippen LogP contribution is 2.47.